The molecule has 12 heteroatoms. The van der Waals surface area contributed by atoms with Gasteiger partial charge in [-0.2, -0.15) is 8.42 Å². The highest BCUT2D eigenvalue weighted by atomic mass is 32.2. The first-order valence-corrected chi connectivity index (χ1v) is 13.1. The molecular weight excluding hydrogens is 478 g/mol. The zero-order valence-corrected chi connectivity index (χ0v) is 21.0. The number of benzene rings is 1. The summed E-state index contributed by atoms with van der Waals surface area (Å²) in [6.07, 6.45) is -0.436. The second kappa shape index (κ2) is 12.8. The molecule has 2 rings (SSSR count). The number of aliphatic hydroxyl groups is 1. The van der Waals surface area contributed by atoms with Crippen LogP contribution < -0.4 is 16.0 Å². The SMILES string of the molecule is CC(C)C[C@H](NC(=O)OC(C)Cc1ccccc1)C(=O)N[C@@H](C[C@@H]1CCNC1=O)C(O)S(=O)(=O)O. The Hall–Kier alpha value is -2.70. The molecule has 11 nitrogen and oxygen atoms in total. The predicted molar refractivity (Wildman–Crippen MR) is 128 cm³/mol. The summed E-state index contributed by atoms with van der Waals surface area (Å²) < 4.78 is 37.9. The molecule has 5 N–H and O–H groups in total. The quantitative estimate of drug-likeness (QED) is 0.257. The van der Waals surface area contributed by atoms with Crippen LogP contribution >= 0.6 is 0 Å². The highest BCUT2D eigenvalue weighted by Gasteiger charge is 2.38. The topological polar surface area (TPSA) is 171 Å². The van der Waals surface area contributed by atoms with E-state index in [1.165, 1.54) is 0 Å². The molecule has 0 aromatic heterocycles. The van der Waals surface area contributed by atoms with Crippen LogP contribution in [-0.2, 0) is 30.9 Å². The van der Waals surface area contributed by atoms with Crippen LogP contribution in [-0.4, -0.2) is 66.2 Å². The third-order valence-electron chi connectivity index (χ3n) is 5.67. The van der Waals surface area contributed by atoms with Crippen LogP contribution in [0, 0.1) is 11.8 Å². The first-order valence-electron chi connectivity index (χ1n) is 11.6. The fourth-order valence-corrected chi connectivity index (χ4v) is 4.56. The van der Waals surface area contributed by atoms with Crippen molar-refractivity contribution in [1.29, 1.82) is 0 Å². The maximum atomic E-state index is 13.0. The van der Waals surface area contributed by atoms with Crippen molar-refractivity contribution < 1.29 is 37.2 Å². The van der Waals surface area contributed by atoms with E-state index in [0.29, 0.717) is 19.4 Å². The minimum Gasteiger partial charge on any atom is -0.446 e. The molecule has 2 unspecified atom stereocenters. The van der Waals surface area contributed by atoms with Gasteiger partial charge in [0.25, 0.3) is 10.1 Å². The number of alkyl carbamates (subject to hydrolysis) is 1. The largest absolute Gasteiger partial charge is 0.446 e. The average molecular weight is 514 g/mol. The van der Waals surface area contributed by atoms with Crippen LogP contribution in [0.25, 0.3) is 0 Å². The zero-order chi connectivity index (χ0) is 26.2. The molecule has 0 bridgehead atoms. The number of carbonyl (C=O) groups excluding carboxylic acids is 3. The highest BCUT2D eigenvalue weighted by molar-refractivity contribution is 7.86. The molecular formula is C23H35N3O8S. The van der Waals surface area contributed by atoms with Crippen molar-refractivity contribution in [2.45, 2.75) is 70.1 Å². The van der Waals surface area contributed by atoms with E-state index in [1.807, 2.05) is 44.2 Å². The predicted octanol–water partition coefficient (Wildman–Crippen LogP) is 0.976. The summed E-state index contributed by atoms with van der Waals surface area (Å²) in [6.45, 7) is 5.77. The summed E-state index contributed by atoms with van der Waals surface area (Å²) in [7, 11) is -4.93. The lowest BCUT2D eigenvalue weighted by Crippen LogP contribution is -2.55. The third-order valence-corrected chi connectivity index (χ3v) is 6.61. The van der Waals surface area contributed by atoms with Gasteiger partial charge in [-0.25, -0.2) is 4.79 Å². The number of hydrogen-bond acceptors (Lipinski definition) is 7. The van der Waals surface area contributed by atoms with Crippen LogP contribution in [0.1, 0.15) is 45.6 Å². The van der Waals surface area contributed by atoms with Gasteiger partial charge in [-0.1, -0.05) is 44.2 Å². The van der Waals surface area contributed by atoms with Crippen LogP contribution in [0.15, 0.2) is 30.3 Å². The van der Waals surface area contributed by atoms with Gasteiger partial charge in [0.2, 0.25) is 17.3 Å². The number of hydrogen-bond donors (Lipinski definition) is 5. The summed E-state index contributed by atoms with van der Waals surface area (Å²) in [4.78, 5) is 37.4. The first-order chi connectivity index (χ1) is 16.4. The standard InChI is InChI=1S/C23H35N3O8S/c1-14(2)11-18(26-23(30)34-15(3)12-16-7-5-4-6-8-16)21(28)25-19(22(29)35(31,32)33)13-17-9-10-24-20(17)27/h4-8,14-15,17-19,22,29H,9-13H2,1-3H3,(H,24,27)(H,25,28)(H,26,30)(H,31,32,33)/t15?,17-,18-,19-,22?/m0/s1. The number of rotatable bonds is 12. The van der Waals surface area contributed by atoms with Crippen molar-refractivity contribution in [2.75, 3.05) is 6.54 Å². The molecule has 3 amide bonds. The van der Waals surface area contributed by atoms with Crippen LogP contribution in [0.2, 0.25) is 0 Å². The van der Waals surface area contributed by atoms with E-state index in [9.17, 15) is 32.5 Å². The Morgan fingerprint density at radius 3 is 2.37 bits per heavy atom. The number of amides is 3. The maximum absolute atomic E-state index is 13.0. The van der Waals surface area contributed by atoms with Gasteiger partial charge in [-0.05, 0) is 37.7 Å². The van der Waals surface area contributed by atoms with Crippen molar-refractivity contribution in [1.82, 2.24) is 16.0 Å². The summed E-state index contributed by atoms with van der Waals surface area (Å²) in [5.74, 6) is -1.77. The monoisotopic (exact) mass is 513 g/mol. The number of nitrogens with one attached hydrogen (secondary N) is 3. The molecule has 1 aromatic carbocycles. The van der Waals surface area contributed by atoms with Gasteiger partial charge in [0, 0.05) is 18.9 Å². The minimum atomic E-state index is -4.93. The fourth-order valence-electron chi connectivity index (χ4n) is 3.96. The average Bonchev–Trinajstić information content (AvgIpc) is 3.16. The van der Waals surface area contributed by atoms with Gasteiger partial charge in [0.15, 0.2) is 0 Å². The number of aliphatic hydroxyl groups excluding tert-OH is 1. The summed E-state index contributed by atoms with van der Waals surface area (Å²) >= 11 is 0. The second-order valence-corrected chi connectivity index (χ2v) is 10.8. The molecule has 1 heterocycles. The van der Waals surface area contributed by atoms with E-state index in [-0.39, 0.29) is 24.7 Å². The van der Waals surface area contributed by atoms with Crippen LogP contribution in [0.4, 0.5) is 4.79 Å². The molecule has 1 aromatic rings. The first kappa shape index (κ1) is 28.5. The fraction of sp³-hybridized carbons (Fsp3) is 0.609. The lowest BCUT2D eigenvalue weighted by atomic mass is 9.97. The summed E-state index contributed by atoms with van der Waals surface area (Å²) in [6, 6.07) is 6.86. The van der Waals surface area contributed by atoms with Gasteiger partial charge in [0.05, 0.1) is 6.04 Å². The van der Waals surface area contributed by atoms with E-state index in [4.69, 9.17) is 4.74 Å². The lowest BCUT2D eigenvalue weighted by Gasteiger charge is -2.27. The lowest BCUT2D eigenvalue weighted by molar-refractivity contribution is -0.126. The molecule has 1 aliphatic heterocycles. The maximum Gasteiger partial charge on any atom is 0.408 e. The molecule has 196 valence electrons. The van der Waals surface area contributed by atoms with Crippen molar-refractivity contribution in [3.63, 3.8) is 0 Å². The van der Waals surface area contributed by atoms with Crippen molar-refractivity contribution in [3.8, 4) is 0 Å². The molecule has 0 aliphatic carbocycles. The van der Waals surface area contributed by atoms with Gasteiger partial charge >= 0.3 is 6.09 Å². The normalized spacial score (nSPS) is 19.4. The van der Waals surface area contributed by atoms with Gasteiger partial charge in [0.1, 0.15) is 12.1 Å². The molecule has 5 atom stereocenters. The second-order valence-electron chi connectivity index (χ2n) is 9.27. The Labute approximate surface area is 205 Å². The zero-order valence-electron chi connectivity index (χ0n) is 20.1. The van der Waals surface area contributed by atoms with Crippen LogP contribution in [0.5, 0.6) is 0 Å². The van der Waals surface area contributed by atoms with Crippen LogP contribution in [0.3, 0.4) is 0 Å². The minimum absolute atomic E-state index is 0.0293. The number of carbonyl (C=O) groups is 3. The molecule has 0 saturated carbocycles. The van der Waals surface area contributed by atoms with E-state index >= 15 is 0 Å². The van der Waals surface area contributed by atoms with Crippen molar-refractivity contribution >= 4 is 28.0 Å². The Bertz CT molecular complexity index is 970. The summed E-state index contributed by atoms with van der Waals surface area (Å²) in [5.41, 5.74) is -1.36. The Morgan fingerprint density at radius 2 is 1.83 bits per heavy atom. The molecule has 0 radical (unpaired) electrons. The highest BCUT2D eigenvalue weighted by Crippen LogP contribution is 2.20. The molecule has 35 heavy (non-hydrogen) atoms. The Balaban J connectivity index is 2.07. The van der Waals surface area contributed by atoms with E-state index in [0.717, 1.165) is 5.56 Å². The van der Waals surface area contributed by atoms with Crippen molar-refractivity contribution in [3.05, 3.63) is 35.9 Å². The molecule has 1 saturated heterocycles. The molecule has 1 aliphatic rings. The van der Waals surface area contributed by atoms with Gasteiger partial charge < -0.3 is 25.8 Å². The van der Waals surface area contributed by atoms with E-state index < -0.39 is 51.7 Å². The molecule has 1 fully saturated rings. The van der Waals surface area contributed by atoms with Crippen molar-refractivity contribution in [2.24, 2.45) is 11.8 Å². The van der Waals surface area contributed by atoms with Gasteiger partial charge in [-0.15, -0.1) is 0 Å². The Kier molecular flexibility index (Phi) is 10.5. The number of ether oxygens (including phenoxy) is 1. The third kappa shape index (κ3) is 9.46. The van der Waals surface area contributed by atoms with E-state index in [1.54, 1.807) is 6.92 Å². The molecule has 0 spiro atoms. The van der Waals surface area contributed by atoms with E-state index in [2.05, 4.69) is 16.0 Å². The van der Waals surface area contributed by atoms with Gasteiger partial charge in [-0.3, -0.25) is 14.1 Å². The summed E-state index contributed by atoms with van der Waals surface area (Å²) in [5, 5.41) is 17.6. The smallest absolute Gasteiger partial charge is 0.408 e. The Morgan fingerprint density at radius 1 is 1.17 bits per heavy atom.